The topological polar surface area (TPSA) is 41.5 Å². The zero-order chi connectivity index (χ0) is 10.5. The van der Waals surface area contributed by atoms with E-state index in [0.717, 1.165) is 30.9 Å². The monoisotopic (exact) mass is 213 g/mol. The third kappa shape index (κ3) is 4.09. The van der Waals surface area contributed by atoms with Crippen molar-refractivity contribution in [2.45, 2.75) is 25.7 Å². The molecule has 0 bridgehead atoms. The quantitative estimate of drug-likeness (QED) is 0.562. The van der Waals surface area contributed by atoms with Crippen molar-refractivity contribution in [3.8, 4) is 0 Å². The second-order valence-corrected chi connectivity index (χ2v) is 4.88. The lowest BCUT2D eigenvalue weighted by molar-refractivity contribution is 0.0931. The van der Waals surface area contributed by atoms with Gasteiger partial charge in [-0.1, -0.05) is 0 Å². The number of nitrogens with one attached hydrogen (secondary N) is 1. The van der Waals surface area contributed by atoms with Crippen molar-refractivity contribution in [3.05, 3.63) is 0 Å². The first-order chi connectivity index (χ1) is 7.42. The molecule has 0 spiro atoms. The van der Waals surface area contributed by atoms with Gasteiger partial charge in [0.05, 0.1) is 19.8 Å². The molecule has 0 heterocycles. The average molecular weight is 213 g/mol. The summed E-state index contributed by atoms with van der Waals surface area (Å²) in [5, 5.41) is 12.0. The predicted octanol–water partition coefficient (Wildman–Crippen LogP) is 1.02. The number of hydrogen-bond donors (Lipinski definition) is 2. The summed E-state index contributed by atoms with van der Waals surface area (Å²) in [5.74, 6) is 3.01. The molecule has 3 nitrogen and oxygen atoms in total. The molecule has 15 heavy (non-hydrogen) atoms. The highest BCUT2D eigenvalue weighted by Crippen LogP contribution is 2.48. The van der Waals surface area contributed by atoms with Crippen LogP contribution in [0.4, 0.5) is 0 Å². The van der Waals surface area contributed by atoms with Gasteiger partial charge in [0.1, 0.15) is 0 Å². The Morgan fingerprint density at radius 2 is 1.80 bits per heavy atom. The summed E-state index contributed by atoms with van der Waals surface area (Å²) in [6, 6.07) is 0. The van der Waals surface area contributed by atoms with Crippen LogP contribution < -0.4 is 5.32 Å². The Labute approximate surface area is 92.2 Å². The van der Waals surface area contributed by atoms with Crippen LogP contribution in [-0.2, 0) is 4.74 Å². The molecule has 0 aliphatic heterocycles. The molecule has 0 aromatic rings. The fourth-order valence-electron chi connectivity index (χ4n) is 2.35. The molecule has 0 aromatic heterocycles. The molecule has 88 valence electrons. The lowest BCUT2D eigenvalue weighted by Crippen LogP contribution is -2.28. The van der Waals surface area contributed by atoms with E-state index in [1.54, 1.807) is 0 Å². The Hall–Kier alpha value is -0.120. The first kappa shape index (κ1) is 11.4. The van der Waals surface area contributed by atoms with Gasteiger partial charge in [-0.3, -0.25) is 0 Å². The van der Waals surface area contributed by atoms with Gasteiger partial charge >= 0.3 is 0 Å². The van der Waals surface area contributed by atoms with Gasteiger partial charge in [-0.25, -0.2) is 0 Å². The van der Waals surface area contributed by atoms with Crippen molar-refractivity contribution in [1.29, 1.82) is 0 Å². The van der Waals surface area contributed by atoms with Crippen molar-refractivity contribution in [1.82, 2.24) is 5.32 Å². The third-order valence-electron chi connectivity index (χ3n) is 3.49. The Balaban J connectivity index is 1.48. The maximum absolute atomic E-state index is 8.53. The SMILES string of the molecule is OCCOCCNCC(C1CC1)C1CC1. The van der Waals surface area contributed by atoms with Crippen LogP contribution in [0, 0.1) is 17.8 Å². The highest BCUT2D eigenvalue weighted by atomic mass is 16.5. The molecule has 0 amide bonds. The first-order valence-corrected chi connectivity index (χ1v) is 6.31. The summed E-state index contributed by atoms with van der Waals surface area (Å²) in [5.41, 5.74) is 0. The Kier molecular flexibility index (Phi) is 4.42. The van der Waals surface area contributed by atoms with Crippen LogP contribution in [0.15, 0.2) is 0 Å². The molecule has 0 atom stereocenters. The Morgan fingerprint density at radius 1 is 1.13 bits per heavy atom. The molecule has 0 aromatic carbocycles. The van der Waals surface area contributed by atoms with Crippen LogP contribution in [0.5, 0.6) is 0 Å². The summed E-state index contributed by atoms with van der Waals surface area (Å²) in [6.45, 7) is 3.43. The van der Waals surface area contributed by atoms with Crippen molar-refractivity contribution in [2.24, 2.45) is 17.8 Å². The van der Waals surface area contributed by atoms with E-state index >= 15 is 0 Å². The molecule has 2 N–H and O–H groups in total. The summed E-state index contributed by atoms with van der Waals surface area (Å²) in [7, 11) is 0. The van der Waals surface area contributed by atoms with Crippen molar-refractivity contribution in [2.75, 3.05) is 32.9 Å². The van der Waals surface area contributed by atoms with Crippen LogP contribution in [0.3, 0.4) is 0 Å². The molecule has 2 saturated carbocycles. The van der Waals surface area contributed by atoms with E-state index in [1.807, 2.05) is 0 Å². The van der Waals surface area contributed by atoms with Crippen molar-refractivity contribution < 1.29 is 9.84 Å². The van der Waals surface area contributed by atoms with Crippen LogP contribution in [0.25, 0.3) is 0 Å². The highest BCUT2D eigenvalue weighted by Gasteiger charge is 2.40. The largest absolute Gasteiger partial charge is 0.394 e. The van der Waals surface area contributed by atoms with E-state index in [4.69, 9.17) is 9.84 Å². The molecule has 2 fully saturated rings. The van der Waals surface area contributed by atoms with Gasteiger partial charge in [-0.05, 0) is 50.0 Å². The molecular weight excluding hydrogens is 190 g/mol. The predicted molar refractivity (Wildman–Crippen MR) is 59.7 cm³/mol. The van der Waals surface area contributed by atoms with Gasteiger partial charge in [0, 0.05) is 6.54 Å². The number of hydrogen-bond acceptors (Lipinski definition) is 3. The smallest absolute Gasteiger partial charge is 0.0698 e. The van der Waals surface area contributed by atoms with E-state index < -0.39 is 0 Å². The molecule has 3 heteroatoms. The molecule has 0 radical (unpaired) electrons. The van der Waals surface area contributed by atoms with Gasteiger partial charge < -0.3 is 15.2 Å². The third-order valence-corrected chi connectivity index (χ3v) is 3.49. The standard InChI is InChI=1S/C12H23NO2/c14-6-8-15-7-5-13-9-12(10-1-2-10)11-3-4-11/h10-14H,1-9H2. The molecule has 2 aliphatic rings. The zero-order valence-corrected chi connectivity index (χ0v) is 9.45. The number of aliphatic hydroxyl groups excluding tert-OH is 1. The maximum Gasteiger partial charge on any atom is 0.0698 e. The van der Waals surface area contributed by atoms with Crippen LogP contribution >= 0.6 is 0 Å². The lowest BCUT2D eigenvalue weighted by atomic mass is 9.98. The minimum absolute atomic E-state index is 0.132. The van der Waals surface area contributed by atoms with E-state index in [2.05, 4.69) is 5.32 Å². The van der Waals surface area contributed by atoms with E-state index in [0.29, 0.717) is 6.61 Å². The minimum Gasteiger partial charge on any atom is -0.394 e. The lowest BCUT2D eigenvalue weighted by Gasteiger charge is -2.16. The molecule has 0 saturated heterocycles. The molecule has 2 aliphatic carbocycles. The second kappa shape index (κ2) is 5.83. The number of aliphatic hydroxyl groups is 1. The minimum atomic E-state index is 0.132. The maximum atomic E-state index is 8.53. The van der Waals surface area contributed by atoms with E-state index in [1.165, 1.54) is 32.2 Å². The van der Waals surface area contributed by atoms with Gasteiger partial charge in [-0.2, -0.15) is 0 Å². The van der Waals surface area contributed by atoms with Gasteiger partial charge in [0.2, 0.25) is 0 Å². The summed E-state index contributed by atoms with van der Waals surface area (Å²) in [6.07, 6.45) is 5.85. The van der Waals surface area contributed by atoms with Crippen molar-refractivity contribution >= 4 is 0 Å². The zero-order valence-electron chi connectivity index (χ0n) is 9.45. The van der Waals surface area contributed by atoms with E-state index in [-0.39, 0.29) is 6.61 Å². The van der Waals surface area contributed by atoms with Crippen LogP contribution in [-0.4, -0.2) is 38.0 Å². The summed E-state index contributed by atoms with van der Waals surface area (Å²) < 4.78 is 5.20. The molecule has 0 unspecified atom stereocenters. The fraction of sp³-hybridized carbons (Fsp3) is 1.00. The average Bonchev–Trinajstić information content (AvgIpc) is 3.09. The Morgan fingerprint density at radius 3 is 2.33 bits per heavy atom. The Bertz CT molecular complexity index is 166. The van der Waals surface area contributed by atoms with Crippen LogP contribution in [0.1, 0.15) is 25.7 Å². The second-order valence-electron chi connectivity index (χ2n) is 4.88. The first-order valence-electron chi connectivity index (χ1n) is 6.31. The molecular formula is C12H23NO2. The van der Waals surface area contributed by atoms with Crippen molar-refractivity contribution in [3.63, 3.8) is 0 Å². The summed E-state index contributed by atoms with van der Waals surface area (Å²) >= 11 is 0. The number of ether oxygens (including phenoxy) is 1. The number of rotatable bonds is 9. The summed E-state index contributed by atoms with van der Waals surface area (Å²) in [4.78, 5) is 0. The normalized spacial score (nSPS) is 21.2. The molecule has 2 rings (SSSR count). The van der Waals surface area contributed by atoms with Gasteiger partial charge in [0.15, 0.2) is 0 Å². The highest BCUT2D eigenvalue weighted by molar-refractivity contribution is 4.92. The van der Waals surface area contributed by atoms with Gasteiger partial charge in [0.25, 0.3) is 0 Å². The van der Waals surface area contributed by atoms with Gasteiger partial charge in [-0.15, -0.1) is 0 Å². The fourth-order valence-corrected chi connectivity index (χ4v) is 2.35. The van der Waals surface area contributed by atoms with E-state index in [9.17, 15) is 0 Å². The van der Waals surface area contributed by atoms with Crippen LogP contribution in [0.2, 0.25) is 0 Å².